The molecule has 4 nitrogen and oxygen atoms in total. The average Bonchev–Trinajstić information content (AvgIpc) is 2.45. The van der Waals surface area contributed by atoms with Crippen LogP contribution in [0.25, 0.3) is 0 Å². The molecule has 3 N–H and O–H groups in total. The van der Waals surface area contributed by atoms with Crippen LogP contribution in [-0.2, 0) is 7.05 Å². The second-order valence-electron chi connectivity index (χ2n) is 4.42. The first-order valence-electron chi connectivity index (χ1n) is 5.50. The van der Waals surface area contributed by atoms with Crippen molar-refractivity contribution >= 4 is 5.82 Å². The summed E-state index contributed by atoms with van der Waals surface area (Å²) in [5.41, 5.74) is 7.00. The van der Waals surface area contributed by atoms with Gasteiger partial charge in [-0.3, -0.25) is 4.68 Å². The zero-order valence-electron chi connectivity index (χ0n) is 10.1. The lowest BCUT2D eigenvalue weighted by Crippen LogP contribution is -2.28. The summed E-state index contributed by atoms with van der Waals surface area (Å²) in [6, 6.07) is 2.31. The van der Waals surface area contributed by atoms with Gasteiger partial charge in [-0.25, -0.2) is 0 Å². The van der Waals surface area contributed by atoms with Gasteiger partial charge in [-0.2, -0.15) is 5.10 Å². The number of hydrogen-bond donors (Lipinski definition) is 2. The van der Waals surface area contributed by atoms with Crippen LogP contribution in [0.15, 0.2) is 6.07 Å². The van der Waals surface area contributed by atoms with E-state index >= 15 is 0 Å². The molecule has 0 radical (unpaired) electrons. The standard InChI is InChI=1S/C11H22N4/c1-8(2)10(12)5-6-13-11-7-9(3)14-15(11)4/h7-8,10,13H,5-6,12H2,1-4H3. The molecule has 0 bridgehead atoms. The van der Waals surface area contributed by atoms with Gasteiger partial charge in [0.1, 0.15) is 5.82 Å². The number of aryl methyl sites for hydroxylation is 2. The van der Waals surface area contributed by atoms with E-state index in [0.717, 1.165) is 24.5 Å². The number of aromatic nitrogens is 2. The highest BCUT2D eigenvalue weighted by atomic mass is 15.3. The first-order valence-corrected chi connectivity index (χ1v) is 5.50. The molecule has 0 aliphatic rings. The summed E-state index contributed by atoms with van der Waals surface area (Å²) in [4.78, 5) is 0. The summed E-state index contributed by atoms with van der Waals surface area (Å²) in [7, 11) is 1.94. The van der Waals surface area contributed by atoms with E-state index < -0.39 is 0 Å². The minimum Gasteiger partial charge on any atom is -0.370 e. The van der Waals surface area contributed by atoms with E-state index in [1.54, 1.807) is 0 Å². The zero-order chi connectivity index (χ0) is 11.4. The van der Waals surface area contributed by atoms with Crippen LogP contribution in [0.3, 0.4) is 0 Å². The smallest absolute Gasteiger partial charge is 0.124 e. The van der Waals surface area contributed by atoms with Gasteiger partial charge in [0, 0.05) is 25.7 Å². The van der Waals surface area contributed by atoms with Crippen LogP contribution in [0.2, 0.25) is 0 Å². The maximum atomic E-state index is 5.96. The molecule has 0 saturated heterocycles. The van der Waals surface area contributed by atoms with Gasteiger partial charge in [-0.15, -0.1) is 0 Å². The Morgan fingerprint density at radius 1 is 1.53 bits per heavy atom. The summed E-state index contributed by atoms with van der Waals surface area (Å²) >= 11 is 0. The van der Waals surface area contributed by atoms with Crippen molar-refractivity contribution in [2.45, 2.75) is 33.2 Å². The number of nitrogens with one attached hydrogen (secondary N) is 1. The normalized spacial score (nSPS) is 13.2. The van der Waals surface area contributed by atoms with Crippen molar-refractivity contribution in [3.05, 3.63) is 11.8 Å². The summed E-state index contributed by atoms with van der Waals surface area (Å²) in [6.07, 6.45) is 0.988. The second kappa shape index (κ2) is 5.16. The Bertz CT molecular complexity index is 304. The summed E-state index contributed by atoms with van der Waals surface area (Å²) < 4.78 is 1.86. The summed E-state index contributed by atoms with van der Waals surface area (Å²) in [6.45, 7) is 7.20. The van der Waals surface area contributed by atoms with Gasteiger partial charge in [0.2, 0.25) is 0 Å². The molecule has 1 heterocycles. The van der Waals surface area contributed by atoms with Crippen molar-refractivity contribution in [2.24, 2.45) is 18.7 Å². The number of nitrogens with two attached hydrogens (primary N) is 1. The largest absolute Gasteiger partial charge is 0.370 e. The Hall–Kier alpha value is -1.03. The minimum absolute atomic E-state index is 0.270. The van der Waals surface area contributed by atoms with Gasteiger partial charge in [-0.1, -0.05) is 13.8 Å². The number of hydrogen-bond acceptors (Lipinski definition) is 3. The molecule has 0 saturated carbocycles. The quantitative estimate of drug-likeness (QED) is 0.774. The highest BCUT2D eigenvalue weighted by Gasteiger charge is 2.07. The fraction of sp³-hybridized carbons (Fsp3) is 0.727. The molecular formula is C11H22N4. The summed E-state index contributed by atoms with van der Waals surface area (Å²) in [5, 5.41) is 7.61. The van der Waals surface area contributed by atoms with E-state index in [1.165, 1.54) is 0 Å². The number of anilines is 1. The van der Waals surface area contributed by atoms with Crippen LogP contribution in [-0.4, -0.2) is 22.4 Å². The predicted molar refractivity (Wildman–Crippen MR) is 63.9 cm³/mol. The van der Waals surface area contributed by atoms with E-state index in [9.17, 15) is 0 Å². The molecule has 0 amide bonds. The van der Waals surface area contributed by atoms with Crippen molar-refractivity contribution in [1.82, 2.24) is 9.78 Å². The van der Waals surface area contributed by atoms with E-state index in [0.29, 0.717) is 5.92 Å². The number of nitrogens with zero attached hydrogens (tertiary/aromatic N) is 2. The Balaban J connectivity index is 2.35. The Labute approximate surface area is 91.8 Å². The van der Waals surface area contributed by atoms with Crippen LogP contribution in [0, 0.1) is 12.8 Å². The fourth-order valence-electron chi connectivity index (χ4n) is 1.48. The summed E-state index contributed by atoms with van der Waals surface area (Å²) in [5.74, 6) is 1.60. The average molecular weight is 210 g/mol. The third-order valence-corrected chi connectivity index (χ3v) is 2.64. The molecule has 0 spiro atoms. The SMILES string of the molecule is Cc1cc(NCCC(N)C(C)C)n(C)n1. The molecule has 1 aromatic rings. The lowest BCUT2D eigenvalue weighted by Gasteiger charge is -2.15. The molecule has 86 valence electrons. The Morgan fingerprint density at radius 2 is 2.20 bits per heavy atom. The van der Waals surface area contributed by atoms with Crippen molar-refractivity contribution in [3.8, 4) is 0 Å². The molecule has 15 heavy (non-hydrogen) atoms. The Morgan fingerprint density at radius 3 is 2.67 bits per heavy atom. The van der Waals surface area contributed by atoms with E-state index in [2.05, 4.69) is 24.3 Å². The van der Waals surface area contributed by atoms with Crippen LogP contribution >= 0.6 is 0 Å². The van der Waals surface area contributed by atoms with E-state index in [-0.39, 0.29) is 6.04 Å². The highest BCUT2D eigenvalue weighted by Crippen LogP contribution is 2.09. The van der Waals surface area contributed by atoms with Crippen LogP contribution in [0.1, 0.15) is 26.0 Å². The lowest BCUT2D eigenvalue weighted by molar-refractivity contribution is 0.473. The third-order valence-electron chi connectivity index (χ3n) is 2.64. The van der Waals surface area contributed by atoms with Crippen molar-refractivity contribution in [1.29, 1.82) is 0 Å². The molecule has 0 aliphatic carbocycles. The molecule has 0 aromatic carbocycles. The van der Waals surface area contributed by atoms with Crippen LogP contribution < -0.4 is 11.1 Å². The maximum absolute atomic E-state index is 5.96. The van der Waals surface area contributed by atoms with Gasteiger partial charge in [0.15, 0.2) is 0 Å². The molecule has 1 unspecified atom stereocenters. The first-order chi connectivity index (χ1) is 7.00. The van der Waals surface area contributed by atoms with Crippen molar-refractivity contribution in [2.75, 3.05) is 11.9 Å². The van der Waals surface area contributed by atoms with Crippen LogP contribution in [0.5, 0.6) is 0 Å². The lowest BCUT2D eigenvalue weighted by atomic mass is 10.0. The minimum atomic E-state index is 0.270. The molecular weight excluding hydrogens is 188 g/mol. The van der Waals surface area contributed by atoms with Crippen molar-refractivity contribution in [3.63, 3.8) is 0 Å². The zero-order valence-corrected chi connectivity index (χ0v) is 10.1. The van der Waals surface area contributed by atoms with Crippen LogP contribution in [0.4, 0.5) is 5.82 Å². The predicted octanol–water partition coefficient (Wildman–Crippen LogP) is 1.51. The third kappa shape index (κ3) is 3.55. The van der Waals surface area contributed by atoms with E-state index in [4.69, 9.17) is 5.73 Å². The number of rotatable bonds is 5. The molecule has 0 aliphatic heterocycles. The van der Waals surface area contributed by atoms with Gasteiger partial charge in [0.25, 0.3) is 0 Å². The van der Waals surface area contributed by atoms with Gasteiger partial charge < -0.3 is 11.1 Å². The maximum Gasteiger partial charge on any atom is 0.124 e. The fourth-order valence-corrected chi connectivity index (χ4v) is 1.48. The molecule has 4 heteroatoms. The molecule has 1 rings (SSSR count). The monoisotopic (exact) mass is 210 g/mol. The van der Waals surface area contributed by atoms with Gasteiger partial charge in [-0.05, 0) is 19.3 Å². The van der Waals surface area contributed by atoms with Gasteiger partial charge >= 0.3 is 0 Å². The molecule has 1 aromatic heterocycles. The molecule has 1 atom stereocenters. The van der Waals surface area contributed by atoms with Gasteiger partial charge in [0.05, 0.1) is 5.69 Å². The van der Waals surface area contributed by atoms with E-state index in [1.807, 2.05) is 24.7 Å². The highest BCUT2D eigenvalue weighted by molar-refractivity contribution is 5.36. The second-order valence-corrected chi connectivity index (χ2v) is 4.42. The first kappa shape index (κ1) is 12.0. The van der Waals surface area contributed by atoms with Crippen molar-refractivity contribution < 1.29 is 0 Å². The topological polar surface area (TPSA) is 55.9 Å². The Kier molecular flexibility index (Phi) is 4.15. The molecule has 0 fully saturated rings.